The minimum atomic E-state index is -0.0480. The fraction of sp³-hybridized carbons (Fsp3) is 0.357. The van der Waals surface area contributed by atoms with E-state index in [2.05, 4.69) is 21.8 Å². The number of aryl methyl sites for hydroxylation is 1. The quantitative estimate of drug-likeness (QED) is 0.815. The Kier molecular flexibility index (Phi) is 4.50. The SMILES string of the molecule is CCn1ccnc1CNC(CO)c1ccccc1. The maximum atomic E-state index is 9.44. The molecular formula is C14H19N3O. The maximum Gasteiger partial charge on any atom is 0.122 e. The molecule has 0 saturated heterocycles. The van der Waals surface area contributed by atoms with Crippen molar-refractivity contribution >= 4 is 0 Å². The third-order valence-corrected chi connectivity index (χ3v) is 3.03. The van der Waals surface area contributed by atoms with Gasteiger partial charge in [-0.15, -0.1) is 0 Å². The molecule has 1 atom stereocenters. The molecule has 1 unspecified atom stereocenters. The number of hydrogen-bond donors (Lipinski definition) is 2. The Hall–Kier alpha value is -1.65. The van der Waals surface area contributed by atoms with Crippen LogP contribution < -0.4 is 5.32 Å². The van der Waals surface area contributed by atoms with Gasteiger partial charge in [-0.05, 0) is 12.5 Å². The van der Waals surface area contributed by atoms with E-state index in [1.165, 1.54) is 0 Å². The van der Waals surface area contributed by atoms with Gasteiger partial charge in [0.2, 0.25) is 0 Å². The van der Waals surface area contributed by atoms with Gasteiger partial charge in [-0.25, -0.2) is 4.98 Å². The fourth-order valence-electron chi connectivity index (χ4n) is 1.98. The first kappa shape index (κ1) is 12.8. The summed E-state index contributed by atoms with van der Waals surface area (Å²) in [6, 6.07) is 9.91. The summed E-state index contributed by atoms with van der Waals surface area (Å²) < 4.78 is 2.09. The van der Waals surface area contributed by atoms with Gasteiger partial charge in [-0.3, -0.25) is 0 Å². The Morgan fingerprint density at radius 3 is 2.78 bits per heavy atom. The molecule has 0 spiro atoms. The van der Waals surface area contributed by atoms with Crippen molar-refractivity contribution in [2.75, 3.05) is 6.61 Å². The number of aliphatic hydroxyl groups is 1. The smallest absolute Gasteiger partial charge is 0.122 e. The number of aromatic nitrogens is 2. The average molecular weight is 245 g/mol. The first-order valence-electron chi connectivity index (χ1n) is 6.24. The predicted octanol–water partition coefficient (Wildman–Crippen LogP) is 1.73. The topological polar surface area (TPSA) is 50.1 Å². The van der Waals surface area contributed by atoms with Crippen LogP contribution in [0.5, 0.6) is 0 Å². The summed E-state index contributed by atoms with van der Waals surface area (Å²) in [7, 11) is 0. The molecule has 2 rings (SSSR count). The number of rotatable bonds is 6. The van der Waals surface area contributed by atoms with Crippen molar-refractivity contribution in [2.45, 2.75) is 26.1 Å². The largest absolute Gasteiger partial charge is 0.394 e. The molecule has 96 valence electrons. The Morgan fingerprint density at radius 2 is 2.11 bits per heavy atom. The molecule has 0 amide bonds. The molecule has 4 heteroatoms. The van der Waals surface area contributed by atoms with Crippen molar-refractivity contribution in [1.82, 2.24) is 14.9 Å². The molecule has 0 radical (unpaired) electrons. The first-order valence-corrected chi connectivity index (χ1v) is 6.24. The van der Waals surface area contributed by atoms with Gasteiger partial charge < -0.3 is 15.0 Å². The van der Waals surface area contributed by atoms with Gasteiger partial charge >= 0.3 is 0 Å². The fourth-order valence-corrected chi connectivity index (χ4v) is 1.98. The molecule has 0 bridgehead atoms. The lowest BCUT2D eigenvalue weighted by atomic mass is 10.1. The number of nitrogens with zero attached hydrogens (tertiary/aromatic N) is 2. The van der Waals surface area contributed by atoms with Crippen LogP contribution in [-0.4, -0.2) is 21.3 Å². The number of aliphatic hydroxyl groups excluding tert-OH is 1. The van der Waals surface area contributed by atoms with Gasteiger partial charge in [0.05, 0.1) is 19.2 Å². The highest BCUT2D eigenvalue weighted by Gasteiger charge is 2.10. The van der Waals surface area contributed by atoms with Crippen LogP contribution in [0.4, 0.5) is 0 Å². The molecule has 0 aliphatic rings. The minimum absolute atomic E-state index is 0.0480. The highest BCUT2D eigenvalue weighted by molar-refractivity contribution is 5.18. The number of imidazole rings is 1. The normalized spacial score (nSPS) is 12.6. The lowest BCUT2D eigenvalue weighted by Gasteiger charge is -2.16. The number of benzene rings is 1. The summed E-state index contributed by atoms with van der Waals surface area (Å²) >= 11 is 0. The van der Waals surface area contributed by atoms with E-state index in [0.717, 1.165) is 17.9 Å². The van der Waals surface area contributed by atoms with Crippen LogP contribution in [0, 0.1) is 0 Å². The van der Waals surface area contributed by atoms with Crippen molar-refractivity contribution < 1.29 is 5.11 Å². The second-order valence-electron chi connectivity index (χ2n) is 4.16. The molecule has 0 aliphatic carbocycles. The van der Waals surface area contributed by atoms with Crippen molar-refractivity contribution in [2.24, 2.45) is 0 Å². The van der Waals surface area contributed by atoms with Gasteiger partial charge in [0.25, 0.3) is 0 Å². The number of hydrogen-bond acceptors (Lipinski definition) is 3. The molecular weight excluding hydrogens is 226 g/mol. The lowest BCUT2D eigenvalue weighted by molar-refractivity contribution is 0.242. The maximum absolute atomic E-state index is 9.44. The Bertz CT molecular complexity index is 467. The molecule has 1 aromatic carbocycles. The molecule has 4 nitrogen and oxygen atoms in total. The predicted molar refractivity (Wildman–Crippen MR) is 71.0 cm³/mol. The van der Waals surface area contributed by atoms with Crippen LogP contribution in [-0.2, 0) is 13.1 Å². The van der Waals surface area contributed by atoms with Crippen molar-refractivity contribution in [1.29, 1.82) is 0 Å². The monoisotopic (exact) mass is 245 g/mol. The van der Waals surface area contributed by atoms with Crippen LogP contribution >= 0.6 is 0 Å². The van der Waals surface area contributed by atoms with E-state index in [-0.39, 0.29) is 12.6 Å². The van der Waals surface area contributed by atoms with E-state index >= 15 is 0 Å². The standard InChI is InChI=1S/C14H19N3O/c1-2-17-9-8-15-14(17)10-16-13(11-18)12-6-4-3-5-7-12/h3-9,13,16,18H,2,10-11H2,1H3. The first-order chi connectivity index (χ1) is 8.85. The Morgan fingerprint density at radius 1 is 1.33 bits per heavy atom. The van der Waals surface area contributed by atoms with Gasteiger partial charge in [0, 0.05) is 18.9 Å². The number of nitrogens with one attached hydrogen (secondary N) is 1. The van der Waals surface area contributed by atoms with Crippen molar-refractivity contribution in [3.63, 3.8) is 0 Å². The van der Waals surface area contributed by atoms with Crippen LogP contribution in [0.15, 0.2) is 42.7 Å². The van der Waals surface area contributed by atoms with Crippen LogP contribution in [0.1, 0.15) is 24.4 Å². The van der Waals surface area contributed by atoms with Gasteiger partial charge in [-0.1, -0.05) is 30.3 Å². The van der Waals surface area contributed by atoms with Crippen molar-refractivity contribution in [3.05, 3.63) is 54.1 Å². The Balaban J connectivity index is 2.00. The zero-order valence-electron chi connectivity index (χ0n) is 10.6. The Labute approximate surface area is 107 Å². The van der Waals surface area contributed by atoms with Gasteiger partial charge in [-0.2, -0.15) is 0 Å². The molecule has 1 aromatic heterocycles. The van der Waals surface area contributed by atoms with E-state index in [9.17, 15) is 5.11 Å². The van der Waals surface area contributed by atoms with Crippen LogP contribution in [0.25, 0.3) is 0 Å². The molecule has 0 aliphatic heterocycles. The molecule has 18 heavy (non-hydrogen) atoms. The summed E-state index contributed by atoms with van der Waals surface area (Å²) in [5.74, 6) is 0.992. The second-order valence-corrected chi connectivity index (χ2v) is 4.16. The van der Waals surface area contributed by atoms with E-state index in [0.29, 0.717) is 6.54 Å². The lowest BCUT2D eigenvalue weighted by Crippen LogP contribution is -2.25. The summed E-state index contributed by atoms with van der Waals surface area (Å²) in [4.78, 5) is 4.31. The summed E-state index contributed by atoms with van der Waals surface area (Å²) in [6.07, 6.45) is 3.77. The van der Waals surface area contributed by atoms with E-state index < -0.39 is 0 Å². The zero-order chi connectivity index (χ0) is 12.8. The molecule has 1 heterocycles. The third kappa shape index (κ3) is 2.97. The molecule has 2 N–H and O–H groups in total. The zero-order valence-corrected chi connectivity index (χ0v) is 10.6. The van der Waals surface area contributed by atoms with E-state index in [1.54, 1.807) is 6.20 Å². The molecule has 0 fully saturated rings. The van der Waals surface area contributed by atoms with Gasteiger partial charge in [0.15, 0.2) is 0 Å². The van der Waals surface area contributed by atoms with Gasteiger partial charge in [0.1, 0.15) is 5.82 Å². The van der Waals surface area contributed by atoms with E-state index in [4.69, 9.17) is 0 Å². The van der Waals surface area contributed by atoms with Crippen LogP contribution in [0.2, 0.25) is 0 Å². The summed E-state index contributed by atoms with van der Waals surface area (Å²) in [6.45, 7) is 3.73. The van der Waals surface area contributed by atoms with Crippen LogP contribution in [0.3, 0.4) is 0 Å². The molecule has 0 saturated carbocycles. The third-order valence-electron chi connectivity index (χ3n) is 3.03. The highest BCUT2D eigenvalue weighted by Crippen LogP contribution is 2.12. The molecule has 2 aromatic rings. The minimum Gasteiger partial charge on any atom is -0.394 e. The highest BCUT2D eigenvalue weighted by atomic mass is 16.3. The van der Waals surface area contributed by atoms with Crippen molar-refractivity contribution in [3.8, 4) is 0 Å². The summed E-state index contributed by atoms with van der Waals surface area (Å²) in [5, 5.41) is 12.8. The average Bonchev–Trinajstić information content (AvgIpc) is 2.88. The summed E-state index contributed by atoms with van der Waals surface area (Å²) in [5.41, 5.74) is 1.09. The van der Waals surface area contributed by atoms with E-state index in [1.807, 2.05) is 36.5 Å². The second kappa shape index (κ2) is 6.33.